The molecule has 0 aliphatic carbocycles. The molecule has 0 aliphatic heterocycles. The number of sulfonamides is 1. The van der Waals surface area contributed by atoms with Crippen LogP contribution in [0.5, 0.6) is 0 Å². The molecule has 0 heterocycles. The van der Waals surface area contributed by atoms with Crippen molar-refractivity contribution >= 4 is 32.0 Å². The maximum absolute atomic E-state index is 14.0. The highest BCUT2D eigenvalue weighted by Gasteiger charge is 2.36. The number of alkyl halides is 1. The topological polar surface area (TPSA) is 63.7 Å². The maximum Gasteiger partial charge on any atom is 0.424 e. The number of halogens is 1. The Hall–Kier alpha value is -1.34. The quantitative estimate of drug-likeness (QED) is 0.278. The van der Waals surface area contributed by atoms with E-state index in [1.807, 2.05) is 39.8 Å². The van der Waals surface area contributed by atoms with Gasteiger partial charge in [-0.25, -0.2) is 13.2 Å². The van der Waals surface area contributed by atoms with Gasteiger partial charge in [-0.15, -0.1) is 0 Å². The Bertz CT molecular complexity index is 868. The van der Waals surface area contributed by atoms with Crippen LogP contribution in [0, 0.1) is 0 Å². The first-order valence-corrected chi connectivity index (χ1v) is 13.3. The van der Waals surface area contributed by atoms with E-state index in [1.54, 1.807) is 32.9 Å². The zero-order valence-corrected chi connectivity index (χ0v) is 22.7. The van der Waals surface area contributed by atoms with Crippen LogP contribution in [0.25, 0.3) is 0 Å². The third-order valence-corrected chi connectivity index (χ3v) is 6.99. The molecule has 0 aromatic heterocycles. The molecule has 5 nitrogen and oxygen atoms in total. The van der Waals surface area contributed by atoms with Crippen LogP contribution in [0.1, 0.15) is 96.8 Å². The second-order valence-electron chi connectivity index (χ2n) is 9.63. The summed E-state index contributed by atoms with van der Waals surface area (Å²) in [6.07, 6.45) is 2.55. The van der Waals surface area contributed by atoms with Crippen molar-refractivity contribution in [2.75, 3.05) is 11.9 Å². The first-order chi connectivity index (χ1) is 14.1. The number of nitrogens with zero attached hydrogens (tertiary/aromatic N) is 1. The van der Waals surface area contributed by atoms with E-state index in [-0.39, 0.29) is 29.2 Å². The minimum atomic E-state index is -4.15. The van der Waals surface area contributed by atoms with Gasteiger partial charge in [0.15, 0.2) is 0 Å². The number of rotatable bonds is 8. The summed E-state index contributed by atoms with van der Waals surface area (Å²) < 4.78 is 34.2. The van der Waals surface area contributed by atoms with Crippen LogP contribution in [0.4, 0.5) is 4.79 Å². The molecule has 1 amide bonds. The minimum absolute atomic E-state index is 0.0282. The lowest BCUT2D eigenvalue weighted by Crippen LogP contribution is -2.41. The van der Waals surface area contributed by atoms with Crippen molar-refractivity contribution in [3.8, 4) is 0 Å². The molecule has 31 heavy (non-hydrogen) atoms. The van der Waals surface area contributed by atoms with Crippen molar-refractivity contribution in [3.63, 3.8) is 0 Å². The van der Waals surface area contributed by atoms with E-state index in [0.29, 0.717) is 5.33 Å². The molecule has 176 valence electrons. The highest BCUT2D eigenvalue weighted by molar-refractivity contribution is 9.09. The summed E-state index contributed by atoms with van der Waals surface area (Å²) in [7, 11) is -4.15. The van der Waals surface area contributed by atoms with Crippen molar-refractivity contribution in [1.82, 2.24) is 4.31 Å². The molecule has 0 aliphatic rings. The normalized spacial score (nSPS) is 12.9. The van der Waals surface area contributed by atoms with Crippen LogP contribution in [0.15, 0.2) is 29.2 Å². The van der Waals surface area contributed by atoms with E-state index in [9.17, 15) is 13.2 Å². The van der Waals surface area contributed by atoms with Crippen LogP contribution < -0.4 is 0 Å². The first-order valence-electron chi connectivity index (χ1n) is 10.8. The van der Waals surface area contributed by atoms with E-state index in [1.165, 1.54) is 0 Å². The highest BCUT2D eigenvalue weighted by atomic mass is 79.9. The molecule has 0 atom stereocenters. The molecule has 0 saturated carbocycles. The predicted molar refractivity (Wildman–Crippen MR) is 132 cm³/mol. The number of carbonyl (C=O) groups excluding carboxylic acids is 1. The Kier molecular flexibility index (Phi) is 9.82. The summed E-state index contributed by atoms with van der Waals surface area (Å²) in [5.41, 5.74) is 1.74. The number of allylic oxidation sites excluding steroid dienone is 1. The smallest absolute Gasteiger partial charge is 0.424 e. The van der Waals surface area contributed by atoms with Gasteiger partial charge in [-0.05, 0) is 55.2 Å². The highest BCUT2D eigenvalue weighted by Crippen LogP contribution is 2.37. The summed E-state index contributed by atoms with van der Waals surface area (Å²) in [6, 6.07) is 3.94. The molecule has 1 rings (SSSR count). The van der Waals surface area contributed by atoms with Crippen LogP contribution in [0.3, 0.4) is 0 Å². The van der Waals surface area contributed by atoms with E-state index >= 15 is 0 Å². The Morgan fingerprint density at radius 3 is 1.84 bits per heavy atom. The van der Waals surface area contributed by atoms with Crippen molar-refractivity contribution in [2.45, 2.75) is 90.6 Å². The largest absolute Gasteiger partial charge is 0.443 e. The molecule has 0 fully saturated rings. The molecule has 0 radical (unpaired) electrons. The second kappa shape index (κ2) is 11.0. The van der Waals surface area contributed by atoms with E-state index < -0.39 is 21.7 Å². The summed E-state index contributed by atoms with van der Waals surface area (Å²) in [5, 5.41) is 0.562. The van der Waals surface area contributed by atoms with Crippen molar-refractivity contribution in [3.05, 3.63) is 41.0 Å². The van der Waals surface area contributed by atoms with Gasteiger partial charge in [0.2, 0.25) is 0 Å². The standard InChI is InChI=1S/C24H38BrNO4S/c1-16(2)19-14-20(17(3)4)22(21(15-19)18(5)6)31(28,29)26(13-11-10-12-25)23(27)30-24(7,8)9/h10-11,14-18H,12-13H2,1-9H3/b11-10+. The predicted octanol–water partition coefficient (Wildman–Crippen LogP) is 6.93. The lowest BCUT2D eigenvalue weighted by atomic mass is 9.89. The van der Waals surface area contributed by atoms with Gasteiger partial charge >= 0.3 is 6.09 Å². The van der Waals surface area contributed by atoms with Crippen LogP contribution in [0.2, 0.25) is 0 Å². The molecule has 0 N–H and O–H groups in total. The minimum Gasteiger partial charge on any atom is -0.443 e. The monoisotopic (exact) mass is 515 g/mol. The van der Waals surface area contributed by atoms with Gasteiger partial charge in [0.1, 0.15) is 5.60 Å². The fourth-order valence-corrected chi connectivity index (χ4v) is 5.30. The molecule has 0 spiro atoms. The number of ether oxygens (including phenoxy) is 1. The number of hydrogen-bond acceptors (Lipinski definition) is 4. The second-order valence-corrected chi connectivity index (χ2v) is 12.1. The van der Waals surface area contributed by atoms with Gasteiger partial charge in [0.05, 0.1) is 11.4 Å². The average molecular weight is 517 g/mol. The van der Waals surface area contributed by atoms with Crippen LogP contribution >= 0.6 is 15.9 Å². The molecule has 7 heteroatoms. The Labute approximate surface area is 197 Å². The summed E-state index contributed by atoms with van der Waals surface area (Å²) in [4.78, 5) is 13.2. The number of hydrogen-bond donors (Lipinski definition) is 0. The summed E-state index contributed by atoms with van der Waals surface area (Å²) in [6.45, 7) is 17.2. The third kappa shape index (κ3) is 7.35. The molecule has 1 aromatic rings. The van der Waals surface area contributed by atoms with E-state index in [4.69, 9.17) is 4.74 Å². The molecule has 0 unspecified atom stereocenters. The number of carbonyl (C=O) groups is 1. The summed E-state index contributed by atoms with van der Waals surface area (Å²) >= 11 is 3.29. The van der Waals surface area contributed by atoms with Crippen molar-refractivity contribution < 1.29 is 17.9 Å². The lowest BCUT2D eigenvalue weighted by Gasteiger charge is -2.29. The Morgan fingerprint density at radius 1 is 1.00 bits per heavy atom. The van der Waals surface area contributed by atoms with Gasteiger partial charge < -0.3 is 4.74 Å². The molecule has 0 saturated heterocycles. The van der Waals surface area contributed by atoms with E-state index in [0.717, 1.165) is 21.0 Å². The fraction of sp³-hybridized carbons (Fsp3) is 0.625. The summed E-state index contributed by atoms with van der Waals surface area (Å²) in [5.74, 6) is 0.203. The fourth-order valence-electron chi connectivity index (χ4n) is 3.11. The van der Waals surface area contributed by atoms with Crippen molar-refractivity contribution in [1.29, 1.82) is 0 Å². The SMILES string of the molecule is CC(C)c1cc(C(C)C)c(S(=O)(=O)N(C/C=C/CBr)C(=O)OC(C)(C)C)c(C(C)C)c1. The molecular weight excluding hydrogens is 478 g/mol. The zero-order valence-electron chi connectivity index (χ0n) is 20.3. The van der Waals surface area contributed by atoms with Gasteiger partial charge in [0, 0.05) is 5.33 Å². The Morgan fingerprint density at radius 2 is 1.48 bits per heavy atom. The van der Waals surface area contributed by atoms with Crippen LogP contribution in [-0.2, 0) is 14.8 Å². The molecule has 1 aromatic carbocycles. The number of amides is 1. The average Bonchev–Trinajstić information content (AvgIpc) is 2.62. The van der Waals surface area contributed by atoms with Crippen LogP contribution in [-0.4, -0.2) is 36.3 Å². The van der Waals surface area contributed by atoms with Crippen molar-refractivity contribution in [2.24, 2.45) is 0 Å². The third-order valence-electron chi connectivity index (χ3n) is 4.75. The molecule has 0 bridgehead atoms. The first kappa shape index (κ1) is 27.7. The lowest BCUT2D eigenvalue weighted by molar-refractivity contribution is 0.0404. The maximum atomic E-state index is 14.0. The number of benzene rings is 1. The van der Waals surface area contributed by atoms with Gasteiger partial charge in [0.25, 0.3) is 10.0 Å². The zero-order chi connectivity index (χ0) is 24.1. The van der Waals surface area contributed by atoms with E-state index in [2.05, 4.69) is 29.8 Å². The van der Waals surface area contributed by atoms with Gasteiger partial charge in [-0.3, -0.25) is 0 Å². The van der Waals surface area contributed by atoms with Gasteiger partial charge in [-0.1, -0.05) is 81.8 Å². The Balaban J connectivity index is 3.82. The molecular formula is C24H38BrNO4S. The van der Waals surface area contributed by atoms with Gasteiger partial charge in [-0.2, -0.15) is 4.31 Å².